The van der Waals surface area contributed by atoms with Crippen molar-refractivity contribution in [2.24, 2.45) is 5.92 Å². The lowest BCUT2D eigenvalue weighted by atomic mass is 10.1. The third-order valence-corrected chi connectivity index (χ3v) is 0.991. The van der Waals surface area contributed by atoms with E-state index in [1.807, 2.05) is 0 Å². The number of carbonyl (C=O) groups excluding carboxylic acids is 2. The van der Waals surface area contributed by atoms with Crippen LogP contribution in [0.2, 0.25) is 0 Å². The lowest BCUT2D eigenvalue weighted by Crippen LogP contribution is -2.01. The lowest BCUT2D eigenvalue weighted by molar-refractivity contribution is -0.129. The molecule has 3 nitrogen and oxygen atoms in total. The van der Waals surface area contributed by atoms with Crippen LogP contribution >= 0.6 is 0 Å². The molecular formula is C6H10O3. The van der Waals surface area contributed by atoms with Gasteiger partial charge in [-0.05, 0) is 6.42 Å². The highest BCUT2D eigenvalue weighted by atomic mass is 16.5. The molecule has 0 radical (unpaired) electrons. The summed E-state index contributed by atoms with van der Waals surface area (Å²) >= 11 is 0. The Hall–Kier alpha value is -0.860. The summed E-state index contributed by atoms with van der Waals surface area (Å²) in [5, 5.41) is 0. The molecule has 1 atom stereocenters. The summed E-state index contributed by atoms with van der Waals surface area (Å²) in [4.78, 5) is 19.5. The SMILES string of the molecule is CC(C=O)CCOC=O. The summed E-state index contributed by atoms with van der Waals surface area (Å²) in [6.07, 6.45) is 1.45. The first-order chi connectivity index (χ1) is 4.31. The molecule has 0 aromatic carbocycles. The van der Waals surface area contributed by atoms with Crippen molar-refractivity contribution < 1.29 is 14.3 Å². The van der Waals surface area contributed by atoms with E-state index in [1.165, 1.54) is 0 Å². The molecule has 0 heterocycles. The summed E-state index contributed by atoms with van der Waals surface area (Å²) in [7, 11) is 0. The van der Waals surface area contributed by atoms with Gasteiger partial charge in [-0.3, -0.25) is 4.79 Å². The Labute approximate surface area is 54.0 Å². The van der Waals surface area contributed by atoms with Crippen molar-refractivity contribution in [1.29, 1.82) is 0 Å². The van der Waals surface area contributed by atoms with Crippen molar-refractivity contribution in [3.63, 3.8) is 0 Å². The van der Waals surface area contributed by atoms with E-state index in [-0.39, 0.29) is 5.92 Å². The zero-order chi connectivity index (χ0) is 7.11. The lowest BCUT2D eigenvalue weighted by Gasteiger charge is -1.99. The molecule has 52 valence electrons. The first kappa shape index (κ1) is 8.14. The average molecular weight is 130 g/mol. The van der Waals surface area contributed by atoms with Crippen LogP contribution in [-0.2, 0) is 14.3 Å². The monoisotopic (exact) mass is 130 g/mol. The molecule has 0 aliphatic carbocycles. The van der Waals surface area contributed by atoms with Gasteiger partial charge in [0.2, 0.25) is 0 Å². The second-order valence-electron chi connectivity index (χ2n) is 1.87. The minimum atomic E-state index is -0.00931. The van der Waals surface area contributed by atoms with Gasteiger partial charge in [-0.15, -0.1) is 0 Å². The minimum absolute atomic E-state index is 0.00931. The summed E-state index contributed by atoms with van der Waals surface area (Å²) in [5.41, 5.74) is 0. The van der Waals surface area contributed by atoms with Gasteiger partial charge in [0.1, 0.15) is 6.29 Å². The predicted molar refractivity (Wildman–Crippen MR) is 31.9 cm³/mol. The van der Waals surface area contributed by atoms with Crippen molar-refractivity contribution in [3.05, 3.63) is 0 Å². The predicted octanol–water partition coefficient (Wildman–Crippen LogP) is 0.385. The molecule has 0 saturated carbocycles. The van der Waals surface area contributed by atoms with Crippen LogP contribution in [0.5, 0.6) is 0 Å². The quantitative estimate of drug-likeness (QED) is 0.399. The van der Waals surface area contributed by atoms with E-state index in [2.05, 4.69) is 4.74 Å². The fourth-order valence-electron chi connectivity index (χ4n) is 0.370. The van der Waals surface area contributed by atoms with Crippen LogP contribution in [0.15, 0.2) is 0 Å². The zero-order valence-corrected chi connectivity index (χ0v) is 5.37. The highest BCUT2D eigenvalue weighted by Crippen LogP contribution is 1.95. The Bertz CT molecular complexity index is 90.3. The van der Waals surface area contributed by atoms with Gasteiger partial charge in [-0.2, -0.15) is 0 Å². The van der Waals surface area contributed by atoms with E-state index in [0.717, 1.165) is 6.29 Å². The van der Waals surface area contributed by atoms with Crippen molar-refractivity contribution in [2.45, 2.75) is 13.3 Å². The topological polar surface area (TPSA) is 43.4 Å². The summed E-state index contributed by atoms with van der Waals surface area (Å²) < 4.78 is 4.37. The molecule has 0 amide bonds. The van der Waals surface area contributed by atoms with E-state index in [9.17, 15) is 9.59 Å². The van der Waals surface area contributed by atoms with E-state index >= 15 is 0 Å². The molecular weight excluding hydrogens is 120 g/mol. The zero-order valence-electron chi connectivity index (χ0n) is 5.37. The van der Waals surface area contributed by atoms with Crippen molar-refractivity contribution in [3.8, 4) is 0 Å². The first-order valence-corrected chi connectivity index (χ1v) is 2.81. The Morgan fingerprint density at radius 2 is 2.22 bits per heavy atom. The van der Waals surface area contributed by atoms with Crippen LogP contribution in [0, 0.1) is 5.92 Å². The van der Waals surface area contributed by atoms with E-state index in [0.29, 0.717) is 19.5 Å². The molecule has 0 fully saturated rings. The molecule has 0 rings (SSSR count). The Morgan fingerprint density at radius 3 is 2.67 bits per heavy atom. The minimum Gasteiger partial charge on any atom is -0.468 e. The van der Waals surface area contributed by atoms with Gasteiger partial charge in [0.05, 0.1) is 6.61 Å². The summed E-state index contributed by atoms with van der Waals surface area (Å²) in [6, 6.07) is 0. The van der Waals surface area contributed by atoms with Gasteiger partial charge < -0.3 is 9.53 Å². The third kappa shape index (κ3) is 5.00. The molecule has 1 unspecified atom stereocenters. The van der Waals surface area contributed by atoms with Crippen LogP contribution in [0.4, 0.5) is 0 Å². The first-order valence-electron chi connectivity index (χ1n) is 2.81. The molecule has 0 aliphatic heterocycles. The molecule has 0 aromatic heterocycles. The summed E-state index contributed by atoms with van der Waals surface area (Å²) in [6.45, 7) is 2.50. The maximum Gasteiger partial charge on any atom is 0.293 e. The second-order valence-corrected chi connectivity index (χ2v) is 1.87. The average Bonchev–Trinajstić information content (AvgIpc) is 1.89. The number of hydrogen-bond donors (Lipinski definition) is 0. The van der Waals surface area contributed by atoms with Crippen molar-refractivity contribution in [2.75, 3.05) is 6.61 Å². The van der Waals surface area contributed by atoms with Crippen molar-refractivity contribution >= 4 is 12.8 Å². The highest BCUT2D eigenvalue weighted by molar-refractivity contribution is 5.52. The van der Waals surface area contributed by atoms with Crippen LogP contribution in [0.3, 0.4) is 0 Å². The smallest absolute Gasteiger partial charge is 0.293 e. The molecule has 0 bridgehead atoms. The highest BCUT2D eigenvalue weighted by Gasteiger charge is 1.97. The number of rotatable bonds is 5. The number of carbonyl (C=O) groups is 2. The number of ether oxygens (including phenoxy) is 1. The van der Waals surface area contributed by atoms with Crippen LogP contribution in [0.1, 0.15) is 13.3 Å². The maximum absolute atomic E-state index is 9.96. The third-order valence-electron chi connectivity index (χ3n) is 0.991. The Balaban J connectivity index is 3.05. The standard InChI is InChI=1S/C6H10O3/c1-6(4-7)2-3-9-5-8/h4-6H,2-3H2,1H3. The van der Waals surface area contributed by atoms with E-state index in [1.54, 1.807) is 6.92 Å². The van der Waals surface area contributed by atoms with E-state index < -0.39 is 0 Å². The van der Waals surface area contributed by atoms with Crippen molar-refractivity contribution in [1.82, 2.24) is 0 Å². The van der Waals surface area contributed by atoms with Crippen LogP contribution in [0.25, 0.3) is 0 Å². The van der Waals surface area contributed by atoms with Gasteiger partial charge in [0, 0.05) is 5.92 Å². The molecule has 0 spiro atoms. The van der Waals surface area contributed by atoms with Crippen LogP contribution < -0.4 is 0 Å². The normalized spacial score (nSPS) is 12.1. The second kappa shape index (κ2) is 5.28. The van der Waals surface area contributed by atoms with Gasteiger partial charge >= 0.3 is 0 Å². The molecule has 0 N–H and O–H groups in total. The Morgan fingerprint density at radius 1 is 1.56 bits per heavy atom. The van der Waals surface area contributed by atoms with E-state index in [4.69, 9.17) is 0 Å². The number of hydrogen-bond acceptors (Lipinski definition) is 3. The number of aldehydes is 1. The van der Waals surface area contributed by atoms with Crippen LogP contribution in [-0.4, -0.2) is 19.4 Å². The van der Waals surface area contributed by atoms with Gasteiger partial charge in [-0.25, -0.2) is 0 Å². The molecule has 0 saturated heterocycles. The largest absolute Gasteiger partial charge is 0.468 e. The fourth-order valence-corrected chi connectivity index (χ4v) is 0.370. The fraction of sp³-hybridized carbons (Fsp3) is 0.667. The van der Waals surface area contributed by atoms with Gasteiger partial charge in [-0.1, -0.05) is 6.92 Å². The molecule has 0 aromatic rings. The maximum atomic E-state index is 9.96. The van der Waals surface area contributed by atoms with Gasteiger partial charge in [0.15, 0.2) is 0 Å². The molecule has 0 aliphatic rings. The Kier molecular flexibility index (Phi) is 4.78. The van der Waals surface area contributed by atoms with Gasteiger partial charge in [0.25, 0.3) is 6.47 Å². The molecule has 9 heavy (non-hydrogen) atoms. The molecule has 3 heteroatoms. The summed E-state index contributed by atoms with van der Waals surface area (Å²) in [5.74, 6) is -0.00931.